The van der Waals surface area contributed by atoms with E-state index in [1.165, 1.54) is 11.1 Å². The van der Waals surface area contributed by atoms with Crippen LogP contribution in [0.2, 0.25) is 0 Å². The topological polar surface area (TPSA) is 80.4 Å². The molecule has 0 radical (unpaired) electrons. The van der Waals surface area contributed by atoms with E-state index in [-0.39, 0.29) is 18.7 Å². The lowest BCUT2D eigenvalue weighted by molar-refractivity contribution is 0.240. The van der Waals surface area contributed by atoms with Crippen LogP contribution in [0.25, 0.3) is 11.4 Å². The quantitative estimate of drug-likeness (QED) is 0.588. The molecule has 0 spiro atoms. The molecule has 6 nitrogen and oxygen atoms in total. The van der Waals surface area contributed by atoms with Crippen molar-refractivity contribution in [2.75, 3.05) is 13.2 Å². The Morgan fingerprint density at radius 2 is 2.17 bits per heavy atom. The number of hydrogen-bond acceptors (Lipinski definition) is 6. The number of hydrogen-bond donors (Lipinski definition) is 2. The Morgan fingerprint density at radius 3 is 2.97 bits per heavy atom. The summed E-state index contributed by atoms with van der Waals surface area (Å²) in [4.78, 5) is 4.67. The maximum atomic E-state index is 9.36. The number of ether oxygens (including phenoxy) is 1. The Labute approximate surface area is 177 Å². The van der Waals surface area contributed by atoms with Crippen LogP contribution in [0.3, 0.4) is 0 Å². The summed E-state index contributed by atoms with van der Waals surface area (Å²) in [5, 5.41) is 17.1. The predicted molar refractivity (Wildman–Crippen MR) is 116 cm³/mol. The van der Waals surface area contributed by atoms with Crippen LogP contribution in [0.15, 0.2) is 40.9 Å². The van der Waals surface area contributed by atoms with Crippen molar-refractivity contribution < 1.29 is 14.4 Å². The summed E-state index contributed by atoms with van der Waals surface area (Å²) in [7, 11) is 0. The molecule has 2 aromatic carbocycles. The van der Waals surface area contributed by atoms with Gasteiger partial charge >= 0.3 is 0 Å². The van der Waals surface area contributed by atoms with Crippen LogP contribution in [0.1, 0.15) is 54.5 Å². The number of benzene rings is 2. The monoisotopic (exact) mass is 407 g/mol. The zero-order chi connectivity index (χ0) is 21.1. The van der Waals surface area contributed by atoms with Gasteiger partial charge in [0.25, 0.3) is 0 Å². The average molecular weight is 408 g/mol. The summed E-state index contributed by atoms with van der Waals surface area (Å²) in [5.41, 5.74) is 5.76. The summed E-state index contributed by atoms with van der Waals surface area (Å²) in [6, 6.07) is 12.7. The zero-order valence-corrected chi connectivity index (χ0v) is 17.8. The highest BCUT2D eigenvalue weighted by Gasteiger charge is 2.27. The Morgan fingerprint density at radius 1 is 1.30 bits per heavy atom. The van der Waals surface area contributed by atoms with Crippen molar-refractivity contribution in [3.8, 4) is 17.1 Å². The number of nitrogens with one attached hydrogen (secondary N) is 1. The van der Waals surface area contributed by atoms with Gasteiger partial charge in [-0.05, 0) is 61.9 Å². The van der Waals surface area contributed by atoms with Crippen molar-refractivity contribution in [1.82, 2.24) is 15.5 Å². The van der Waals surface area contributed by atoms with E-state index >= 15 is 0 Å². The Balaban J connectivity index is 1.55. The molecule has 0 bridgehead atoms. The van der Waals surface area contributed by atoms with Gasteiger partial charge in [-0.25, -0.2) is 0 Å². The summed E-state index contributed by atoms with van der Waals surface area (Å²) in [5.74, 6) is 2.12. The molecule has 0 amide bonds. The van der Waals surface area contributed by atoms with E-state index in [1.807, 2.05) is 32.9 Å². The highest BCUT2D eigenvalue weighted by Crippen LogP contribution is 2.37. The largest absolute Gasteiger partial charge is 0.494 e. The molecule has 1 aromatic heterocycles. The first-order valence-corrected chi connectivity index (χ1v) is 10.6. The molecule has 0 fully saturated rings. The number of fused-ring (bicyclic) bond motifs is 1. The number of aromatic nitrogens is 2. The molecule has 4 rings (SSSR count). The lowest BCUT2D eigenvalue weighted by Crippen LogP contribution is -2.32. The molecule has 0 aliphatic heterocycles. The highest BCUT2D eigenvalue weighted by molar-refractivity contribution is 5.63. The van der Waals surface area contributed by atoms with Crippen molar-refractivity contribution >= 4 is 0 Å². The van der Waals surface area contributed by atoms with Crippen molar-refractivity contribution in [1.29, 1.82) is 0 Å². The van der Waals surface area contributed by atoms with Gasteiger partial charge in [0.15, 0.2) is 0 Å². The van der Waals surface area contributed by atoms with E-state index in [9.17, 15) is 5.11 Å². The maximum Gasteiger partial charge on any atom is 0.231 e. The fraction of sp³-hybridized carbons (Fsp3) is 0.417. The van der Waals surface area contributed by atoms with Crippen molar-refractivity contribution in [2.45, 2.75) is 52.1 Å². The lowest BCUT2D eigenvalue weighted by Gasteiger charge is -2.18. The van der Waals surface area contributed by atoms with Crippen molar-refractivity contribution in [2.24, 2.45) is 0 Å². The van der Waals surface area contributed by atoms with E-state index in [1.54, 1.807) is 0 Å². The molecule has 158 valence electrons. The van der Waals surface area contributed by atoms with Gasteiger partial charge in [0, 0.05) is 17.6 Å². The third-order valence-electron chi connectivity index (χ3n) is 5.65. The summed E-state index contributed by atoms with van der Waals surface area (Å²) in [6.45, 7) is 6.79. The second-order valence-electron chi connectivity index (χ2n) is 7.94. The standard InChI is InChI=1S/C24H29N3O3/c1-4-29-22-12-17(9-8-15(22)2)13-23-26-24(27-30-23)20-7-5-6-19-18(20)10-11-21(19)25-16(3)14-28/h5-9,12,16,21,25,28H,4,10-11,13-14H2,1-3H3/t16-,21?/m1/s1. The number of nitrogens with zero attached hydrogens (tertiary/aromatic N) is 2. The van der Waals surface area contributed by atoms with Crippen LogP contribution < -0.4 is 10.1 Å². The van der Waals surface area contributed by atoms with Crippen LogP contribution in [0, 0.1) is 6.92 Å². The number of aryl methyl sites for hydroxylation is 1. The Bertz CT molecular complexity index is 1010. The van der Waals surface area contributed by atoms with Crippen molar-refractivity contribution in [3.05, 3.63) is 64.5 Å². The van der Waals surface area contributed by atoms with Gasteiger partial charge in [0.1, 0.15) is 5.75 Å². The van der Waals surface area contributed by atoms with Gasteiger partial charge in [-0.2, -0.15) is 4.98 Å². The molecule has 6 heteroatoms. The minimum absolute atomic E-state index is 0.0671. The first-order chi connectivity index (χ1) is 14.6. The average Bonchev–Trinajstić information content (AvgIpc) is 3.38. The summed E-state index contributed by atoms with van der Waals surface area (Å²) in [6.07, 6.45) is 2.53. The molecule has 3 aromatic rings. The van der Waals surface area contributed by atoms with Gasteiger partial charge in [-0.1, -0.05) is 35.5 Å². The first kappa shape index (κ1) is 20.6. The van der Waals surface area contributed by atoms with E-state index in [0.29, 0.717) is 24.7 Å². The normalized spacial score (nSPS) is 16.5. The minimum atomic E-state index is 0.0671. The molecular formula is C24H29N3O3. The fourth-order valence-electron chi connectivity index (χ4n) is 4.11. The minimum Gasteiger partial charge on any atom is -0.494 e. The molecule has 1 aliphatic rings. The van der Waals surface area contributed by atoms with Crippen molar-refractivity contribution in [3.63, 3.8) is 0 Å². The second-order valence-corrected chi connectivity index (χ2v) is 7.94. The molecule has 2 N–H and O–H groups in total. The van der Waals surface area contributed by atoms with E-state index in [2.05, 4.69) is 39.7 Å². The highest BCUT2D eigenvalue weighted by atomic mass is 16.5. The second kappa shape index (κ2) is 8.98. The van der Waals surface area contributed by atoms with E-state index in [0.717, 1.165) is 35.3 Å². The molecule has 2 atom stereocenters. The number of aliphatic hydroxyl groups excluding tert-OH is 1. The van der Waals surface area contributed by atoms with Gasteiger partial charge in [0.2, 0.25) is 11.7 Å². The van der Waals surface area contributed by atoms with Crippen LogP contribution in [0.4, 0.5) is 0 Å². The molecule has 1 aliphatic carbocycles. The third kappa shape index (κ3) is 4.25. The number of rotatable bonds is 8. The third-order valence-corrected chi connectivity index (χ3v) is 5.65. The summed E-state index contributed by atoms with van der Waals surface area (Å²) < 4.78 is 11.3. The summed E-state index contributed by atoms with van der Waals surface area (Å²) >= 11 is 0. The molecule has 1 unspecified atom stereocenters. The first-order valence-electron chi connectivity index (χ1n) is 10.6. The fourth-order valence-corrected chi connectivity index (χ4v) is 4.11. The molecule has 1 heterocycles. The lowest BCUT2D eigenvalue weighted by atomic mass is 10.0. The van der Waals surface area contributed by atoms with Crippen LogP contribution in [0.5, 0.6) is 5.75 Å². The molecule has 0 saturated carbocycles. The zero-order valence-electron chi connectivity index (χ0n) is 17.8. The van der Waals surface area contributed by atoms with E-state index in [4.69, 9.17) is 9.26 Å². The number of aliphatic hydroxyl groups is 1. The molecular weight excluding hydrogens is 378 g/mol. The van der Waals surface area contributed by atoms with Gasteiger partial charge in [-0.3, -0.25) is 0 Å². The van der Waals surface area contributed by atoms with Gasteiger partial charge < -0.3 is 19.7 Å². The smallest absolute Gasteiger partial charge is 0.231 e. The van der Waals surface area contributed by atoms with Gasteiger partial charge in [-0.15, -0.1) is 0 Å². The van der Waals surface area contributed by atoms with Crippen LogP contribution in [-0.2, 0) is 12.8 Å². The SMILES string of the molecule is CCOc1cc(Cc2nc(-c3cccc4c3CCC4N[C@H](C)CO)no2)ccc1C. The molecule has 0 saturated heterocycles. The van der Waals surface area contributed by atoms with Gasteiger partial charge in [0.05, 0.1) is 19.6 Å². The Hall–Kier alpha value is -2.70. The van der Waals surface area contributed by atoms with Crippen LogP contribution in [-0.4, -0.2) is 34.5 Å². The van der Waals surface area contributed by atoms with Crippen LogP contribution >= 0.6 is 0 Å². The van der Waals surface area contributed by atoms with E-state index < -0.39 is 0 Å². The predicted octanol–water partition coefficient (Wildman–Crippen LogP) is 3.99. The Kier molecular flexibility index (Phi) is 6.16. The molecule has 30 heavy (non-hydrogen) atoms. The maximum absolute atomic E-state index is 9.36.